The van der Waals surface area contributed by atoms with Crippen molar-refractivity contribution >= 4 is 40.0 Å². The highest BCUT2D eigenvalue weighted by Crippen LogP contribution is 2.32. The second-order valence-corrected chi connectivity index (χ2v) is 11.3. The highest BCUT2D eigenvalue weighted by Gasteiger charge is 2.35. The quantitative estimate of drug-likeness (QED) is 0.444. The lowest BCUT2D eigenvalue weighted by Gasteiger charge is -2.44. The molecule has 1 unspecified atom stereocenters. The fourth-order valence-electron chi connectivity index (χ4n) is 6.03. The second-order valence-electron chi connectivity index (χ2n) is 10.4. The Labute approximate surface area is 227 Å². The number of aromatic nitrogens is 1. The van der Waals surface area contributed by atoms with Gasteiger partial charge in [-0.25, -0.2) is 4.39 Å². The number of rotatable bonds is 5. The minimum atomic E-state index is -0.367. The van der Waals surface area contributed by atoms with Gasteiger partial charge < -0.3 is 10.0 Å². The number of amides is 1. The first kappa shape index (κ1) is 26.4. The molecule has 5 rings (SSSR count). The lowest BCUT2D eigenvalue weighted by molar-refractivity contribution is 0.0242. The molecule has 0 aliphatic carbocycles. The van der Waals surface area contributed by atoms with Crippen molar-refractivity contribution in [2.24, 2.45) is 11.8 Å². The molecule has 37 heavy (non-hydrogen) atoms. The van der Waals surface area contributed by atoms with Crippen molar-refractivity contribution < 1.29 is 14.3 Å². The molecule has 0 radical (unpaired) electrons. The standard InChI is InChI=1S/C29H32Cl2FN3O2/c1-18-15-33-27-5-3-22(32)14-24(27)28(18)29(37)34-10-7-23(8-11-34)35-9-6-20(21(16-35)17-36)12-19-2-4-25(30)26(31)13-19/h2-5,13-15,20-21,23,36H,6-12,16-17H2,1H3/t20?,21-/m0/s1. The van der Waals surface area contributed by atoms with Crippen LogP contribution in [0.5, 0.6) is 0 Å². The number of likely N-dealkylation sites (tertiary alicyclic amines) is 2. The average Bonchev–Trinajstić information content (AvgIpc) is 2.90. The first-order valence-electron chi connectivity index (χ1n) is 13.0. The van der Waals surface area contributed by atoms with Gasteiger partial charge in [-0.05, 0) is 92.4 Å². The highest BCUT2D eigenvalue weighted by molar-refractivity contribution is 6.42. The van der Waals surface area contributed by atoms with Gasteiger partial charge in [0.2, 0.25) is 0 Å². The predicted octanol–water partition coefficient (Wildman–Crippen LogP) is 5.77. The van der Waals surface area contributed by atoms with Gasteiger partial charge >= 0.3 is 0 Å². The van der Waals surface area contributed by atoms with Crippen LogP contribution in [0.1, 0.15) is 40.7 Å². The number of aliphatic hydroxyl groups is 1. The van der Waals surface area contributed by atoms with E-state index in [4.69, 9.17) is 23.2 Å². The molecule has 3 heterocycles. The number of piperidine rings is 2. The summed E-state index contributed by atoms with van der Waals surface area (Å²) in [7, 11) is 0. The van der Waals surface area contributed by atoms with Gasteiger partial charge in [0.25, 0.3) is 5.91 Å². The molecule has 196 valence electrons. The fourth-order valence-corrected chi connectivity index (χ4v) is 6.35. The first-order valence-corrected chi connectivity index (χ1v) is 13.7. The van der Waals surface area contributed by atoms with Crippen molar-refractivity contribution in [3.8, 4) is 0 Å². The van der Waals surface area contributed by atoms with Crippen LogP contribution in [0.2, 0.25) is 10.0 Å². The van der Waals surface area contributed by atoms with Gasteiger partial charge in [0, 0.05) is 43.9 Å². The van der Waals surface area contributed by atoms with Crippen molar-refractivity contribution in [3.05, 3.63) is 75.1 Å². The third-order valence-corrected chi connectivity index (χ3v) is 8.88. The predicted molar refractivity (Wildman–Crippen MR) is 146 cm³/mol. The van der Waals surface area contributed by atoms with E-state index in [2.05, 4.69) is 9.88 Å². The van der Waals surface area contributed by atoms with Gasteiger partial charge in [-0.2, -0.15) is 0 Å². The second kappa shape index (κ2) is 11.2. The summed E-state index contributed by atoms with van der Waals surface area (Å²) in [5, 5.41) is 11.9. The molecule has 0 saturated carbocycles. The Bertz CT molecular complexity index is 1290. The number of hydrogen-bond acceptors (Lipinski definition) is 4. The molecular weight excluding hydrogens is 512 g/mol. The molecule has 2 aliphatic heterocycles. The van der Waals surface area contributed by atoms with E-state index in [0.29, 0.717) is 51.6 Å². The monoisotopic (exact) mass is 543 g/mol. The van der Waals surface area contributed by atoms with Crippen LogP contribution in [0.4, 0.5) is 4.39 Å². The zero-order chi connectivity index (χ0) is 26.1. The number of carbonyl (C=O) groups is 1. The van der Waals surface area contributed by atoms with E-state index in [9.17, 15) is 14.3 Å². The first-order chi connectivity index (χ1) is 17.8. The largest absolute Gasteiger partial charge is 0.396 e. The van der Waals surface area contributed by atoms with Crippen LogP contribution in [0.25, 0.3) is 10.9 Å². The topological polar surface area (TPSA) is 56.7 Å². The number of halogens is 3. The number of nitrogens with zero attached hydrogens (tertiary/aromatic N) is 3. The van der Waals surface area contributed by atoms with Crippen LogP contribution >= 0.6 is 23.2 Å². The molecule has 5 nitrogen and oxygen atoms in total. The molecule has 2 atom stereocenters. The summed E-state index contributed by atoms with van der Waals surface area (Å²) in [5.74, 6) is 0.170. The van der Waals surface area contributed by atoms with E-state index in [-0.39, 0.29) is 24.2 Å². The van der Waals surface area contributed by atoms with Crippen LogP contribution in [-0.4, -0.2) is 64.6 Å². The van der Waals surface area contributed by atoms with E-state index in [1.54, 1.807) is 12.3 Å². The molecule has 2 saturated heterocycles. The van der Waals surface area contributed by atoms with Crippen molar-refractivity contribution in [2.75, 3.05) is 32.8 Å². The third kappa shape index (κ3) is 5.63. The Hall–Kier alpha value is -2.25. The third-order valence-electron chi connectivity index (χ3n) is 8.14. The number of hydrogen-bond donors (Lipinski definition) is 1. The summed E-state index contributed by atoms with van der Waals surface area (Å²) in [5.41, 5.74) is 3.09. The minimum absolute atomic E-state index is 0.0532. The van der Waals surface area contributed by atoms with Gasteiger partial charge in [-0.3, -0.25) is 14.7 Å². The smallest absolute Gasteiger partial charge is 0.254 e. The average molecular weight is 544 g/mol. The Kier molecular flexibility index (Phi) is 8.01. The molecule has 1 amide bonds. The number of carbonyl (C=O) groups excluding carboxylic acids is 1. The molecule has 2 fully saturated rings. The lowest BCUT2D eigenvalue weighted by atomic mass is 9.80. The molecule has 2 aromatic carbocycles. The van der Waals surface area contributed by atoms with E-state index < -0.39 is 0 Å². The van der Waals surface area contributed by atoms with Crippen LogP contribution in [0.15, 0.2) is 42.6 Å². The summed E-state index contributed by atoms with van der Waals surface area (Å²) in [6.07, 6.45) is 5.36. The maximum Gasteiger partial charge on any atom is 0.254 e. The Morgan fingerprint density at radius 1 is 1.05 bits per heavy atom. The number of aryl methyl sites for hydroxylation is 1. The molecule has 3 aromatic rings. The fraction of sp³-hybridized carbons (Fsp3) is 0.448. The van der Waals surface area contributed by atoms with Crippen LogP contribution in [0, 0.1) is 24.6 Å². The highest BCUT2D eigenvalue weighted by atomic mass is 35.5. The molecule has 1 aromatic heterocycles. The Morgan fingerprint density at radius 2 is 1.84 bits per heavy atom. The zero-order valence-electron chi connectivity index (χ0n) is 21.0. The van der Waals surface area contributed by atoms with Crippen LogP contribution in [0.3, 0.4) is 0 Å². The van der Waals surface area contributed by atoms with Crippen LogP contribution in [-0.2, 0) is 6.42 Å². The lowest BCUT2D eigenvalue weighted by Crippen LogP contribution is -2.52. The van der Waals surface area contributed by atoms with E-state index in [1.807, 2.05) is 30.0 Å². The summed E-state index contributed by atoms with van der Waals surface area (Å²) < 4.78 is 14.0. The van der Waals surface area contributed by atoms with Gasteiger partial charge in [0.05, 0.1) is 21.1 Å². The van der Waals surface area contributed by atoms with E-state index in [1.165, 1.54) is 12.1 Å². The number of benzene rings is 2. The summed E-state index contributed by atoms with van der Waals surface area (Å²) in [6, 6.07) is 10.6. The van der Waals surface area contributed by atoms with E-state index in [0.717, 1.165) is 49.9 Å². The summed E-state index contributed by atoms with van der Waals surface area (Å²) in [6.45, 7) is 5.17. The van der Waals surface area contributed by atoms with Gasteiger partial charge in [-0.15, -0.1) is 0 Å². The van der Waals surface area contributed by atoms with Crippen molar-refractivity contribution in [3.63, 3.8) is 0 Å². The zero-order valence-corrected chi connectivity index (χ0v) is 22.5. The normalized spacial score (nSPS) is 21.5. The minimum Gasteiger partial charge on any atom is -0.396 e. The molecule has 8 heteroatoms. The van der Waals surface area contributed by atoms with Gasteiger partial charge in [0.1, 0.15) is 5.82 Å². The molecule has 0 spiro atoms. The SMILES string of the molecule is Cc1cnc2ccc(F)cc2c1C(=O)N1CCC(N2CCC(Cc3ccc(Cl)c(Cl)c3)[C@H](CO)C2)CC1. The number of aliphatic hydroxyl groups excluding tert-OH is 1. The number of fused-ring (bicyclic) bond motifs is 1. The van der Waals surface area contributed by atoms with Crippen molar-refractivity contribution in [1.82, 2.24) is 14.8 Å². The molecule has 1 N–H and O–H groups in total. The summed E-state index contributed by atoms with van der Waals surface area (Å²) in [4.78, 5) is 22.3. The maximum atomic E-state index is 14.0. The summed E-state index contributed by atoms with van der Waals surface area (Å²) >= 11 is 12.3. The number of pyridine rings is 1. The van der Waals surface area contributed by atoms with Crippen molar-refractivity contribution in [1.29, 1.82) is 0 Å². The Morgan fingerprint density at radius 3 is 2.57 bits per heavy atom. The van der Waals surface area contributed by atoms with Crippen LogP contribution < -0.4 is 0 Å². The maximum absolute atomic E-state index is 14.0. The van der Waals surface area contributed by atoms with Gasteiger partial charge in [0.15, 0.2) is 0 Å². The van der Waals surface area contributed by atoms with Crippen molar-refractivity contribution in [2.45, 2.75) is 38.6 Å². The molecular formula is C29H32Cl2FN3O2. The Balaban J connectivity index is 1.21. The van der Waals surface area contributed by atoms with E-state index >= 15 is 0 Å². The molecule has 0 bridgehead atoms. The van der Waals surface area contributed by atoms with Gasteiger partial charge in [-0.1, -0.05) is 29.3 Å². The molecule has 2 aliphatic rings.